The van der Waals surface area contributed by atoms with Gasteiger partial charge in [0.05, 0.1) is 35.3 Å². The number of hydrogen-bond acceptors (Lipinski definition) is 5. The number of halogens is 4. The topological polar surface area (TPSA) is 90.1 Å². The molecule has 2 atom stereocenters. The highest BCUT2D eigenvalue weighted by Crippen LogP contribution is 2.35. The molecule has 33 heavy (non-hydrogen) atoms. The van der Waals surface area contributed by atoms with Crippen LogP contribution in [-0.4, -0.2) is 27.9 Å². The lowest BCUT2D eigenvalue weighted by molar-refractivity contribution is -0.0393. The summed E-state index contributed by atoms with van der Waals surface area (Å²) in [6, 6.07) is 5.61. The predicted molar refractivity (Wildman–Crippen MR) is 118 cm³/mol. The second-order valence-corrected chi connectivity index (χ2v) is 7.91. The molecule has 0 spiro atoms. The maximum atomic E-state index is 14.5. The second-order valence-electron chi connectivity index (χ2n) is 7.60. The van der Waals surface area contributed by atoms with Crippen molar-refractivity contribution < 1.29 is 22.7 Å². The first-order valence-electron chi connectivity index (χ1n) is 10.3. The summed E-state index contributed by atoms with van der Waals surface area (Å²) in [6.45, 7) is 0. The lowest BCUT2D eigenvalue weighted by atomic mass is 9.98. The van der Waals surface area contributed by atoms with E-state index in [1.54, 1.807) is 12.3 Å². The number of pyridine rings is 2. The number of nitrogens with two attached hydrogens (primary N) is 1. The van der Waals surface area contributed by atoms with Crippen LogP contribution in [0.5, 0.6) is 0 Å². The normalized spacial score (nSPS) is 18.2. The number of nitrogen functional groups attached to an aromatic ring is 1. The van der Waals surface area contributed by atoms with Gasteiger partial charge in [-0.2, -0.15) is 0 Å². The monoisotopic (exact) mass is 476 g/mol. The zero-order chi connectivity index (χ0) is 23.5. The lowest BCUT2D eigenvalue weighted by Gasteiger charge is -2.30. The van der Waals surface area contributed by atoms with E-state index in [0.717, 1.165) is 43.5 Å². The quantitative estimate of drug-likeness (QED) is 0.491. The van der Waals surface area contributed by atoms with Gasteiger partial charge < -0.3 is 15.8 Å². The van der Waals surface area contributed by atoms with E-state index in [1.807, 2.05) is 0 Å². The highest BCUT2D eigenvalue weighted by atomic mass is 35.5. The van der Waals surface area contributed by atoms with Gasteiger partial charge in [0, 0.05) is 23.7 Å². The lowest BCUT2D eigenvalue weighted by Crippen LogP contribution is -2.25. The molecule has 4 rings (SSSR count). The van der Waals surface area contributed by atoms with Crippen molar-refractivity contribution in [3.63, 3.8) is 0 Å². The molecule has 1 fully saturated rings. The molecule has 1 amide bonds. The number of nitrogens with zero attached hydrogens (tertiary/aromatic N) is 2. The summed E-state index contributed by atoms with van der Waals surface area (Å²) in [5.41, 5.74) is 4.84. The molecule has 3 aromatic rings. The molecule has 1 saturated heterocycles. The highest BCUT2D eigenvalue weighted by Gasteiger charge is 2.27. The molecule has 172 valence electrons. The van der Waals surface area contributed by atoms with Gasteiger partial charge in [0.15, 0.2) is 11.5 Å². The fourth-order valence-corrected chi connectivity index (χ4v) is 4.02. The Kier molecular flexibility index (Phi) is 6.80. The van der Waals surface area contributed by atoms with Gasteiger partial charge >= 0.3 is 0 Å². The van der Waals surface area contributed by atoms with E-state index in [4.69, 9.17) is 22.1 Å². The van der Waals surface area contributed by atoms with Crippen LogP contribution >= 0.6 is 11.6 Å². The molecule has 1 aliphatic rings. The van der Waals surface area contributed by atoms with Crippen molar-refractivity contribution in [2.45, 2.75) is 31.5 Å². The molecule has 1 aromatic carbocycles. The highest BCUT2D eigenvalue weighted by molar-refractivity contribution is 6.18. The molecule has 0 saturated carbocycles. The van der Waals surface area contributed by atoms with Crippen molar-refractivity contribution in [2.75, 3.05) is 16.9 Å². The van der Waals surface area contributed by atoms with Crippen LogP contribution in [-0.2, 0) is 4.74 Å². The molecule has 0 aliphatic carbocycles. The molecule has 6 nitrogen and oxygen atoms in total. The molecular weight excluding hydrogens is 457 g/mol. The Morgan fingerprint density at radius 2 is 1.94 bits per heavy atom. The zero-order valence-electron chi connectivity index (χ0n) is 17.3. The summed E-state index contributed by atoms with van der Waals surface area (Å²) >= 11 is 5.94. The Bertz CT molecular complexity index is 1170. The van der Waals surface area contributed by atoms with Gasteiger partial charge in [0.1, 0.15) is 17.3 Å². The third-order valence-electron chi connectivity index (χ3n) is 5.39. The third kappa shape index (κ3) is 4.79. The summed E-state index contributed by atoms with van der Waals surface area (Å²) in [5.74, 6) is -3.53. The fourth-order valence-electron chi connectivity index (χ4n) is 3.80. The first-order chi connectivity index (χ1) is 15.9. The molecule has 3 N–H and O–H groups in total. The Hall–Kier alpha value is -3.17. The molecule has 10 heteroatoms. The van der Waals surface area contributed by atoms with Crippen LogP contribution < -0.4 is 11.1 Å². The van der Waals surface area contributed by atoms with Crippen LogP contribution in [0.25, 0.3) is 11.3 Å². The van der Waals surface area contributed by atoms with Crippen LogP contribution in [0.4, 0.5) is 24.5 Å². The first kappa shape index (κ1) is 23.0. The summed E-state index contributed by atoms with van der Waals surface area (Å²) in [7, 11) is 0. The molecule has 1 unspecified atom stereocenters. The van der Waals surface area contributed by atoms with Gasteiger partial charge in [-0.15, -0.1) is 11.6 Å². The van der Waals surface area contributed by atoms with Crippen LogP contribution in [0.15, 0.2) is 42.7 Å². The van der Waals surface area contributed by atoms with E-state index in [9.17, 15) is 18.0 Å². The van der Waals surface area contributed by atoms with E-state index >= 15 is 0 Å². The van der Waals surface area contributed by atoms with Gasteiger partial charge in [-0.05, 0) is 37.5 Å². The van der Waals surface area contributed by atoms with E-state index in [2.05, 4.69) is 15.3 Å². The Labute approximate surface area is 192 Å². The third-order valence-corrected chi connectivity index (χ3v) is 5.74. The Balaban J connectivity index is 1.67. The van der Waals surface area contributed by atoms with E-state index in [1.165, 1.54) is 6.20 Å². The van der Waals surface area contributed by atoms with Gasteiger partial charge in [-0.3, -0.25) is 9.78 Å². The van der Waals surface area contributed by atoms with Crippen molar-refractivity contribution in [2.24, 2.45) is 0 Å². The fraction of sp³-hybridized carbons (Fsp3) is 0.261. The smallest absolute Gasteiger partial charge is 0.276 e. The van der Waals surface area contributed by atoms with Crippen molar-refractivity contribution in [1.82, 2.24) is 9.97 Å². The Morgan fingerprint density at radius 3 is 2.67 bits per heavy atom. The number of nitrogens with one attached hydrogen (secondary N) is 1. The minimum absolute atomic E-state index is 0.102. The molecular formula is C23H20ClF3N4O2. The van der Waals surface area contributed by atoms with Crippen LogP contribution in [0.1, 0.15) is 41.4 Å². The number of ether oxygens (including phenoxy) is 1. The maximum Gasteiger partial charge on any atom is 0.276 e. The molecule has 1 aliphatic heterocycles. The van der Waals surface area contributed by atoms with Gasteiger partial charge in [0.25, 0.3) is 5.91 Å². The average Bonchev–Trinajstić information content (AvgIpc) is 2.80. The van der Waals surface area contributed by atoms with E-state index in [-0.39, 0.29) is 23.6 Å². The van der Waals surface area contributed by atoms with Gasteiger partial charge in [-0.1, -0.05) is 6.07 Å². The standard InChI is InChI=1S/C23H20ClF3N4O2/c24-10-12-3-1-6-19(33-12)13-7-8-29-11-18(13)30-23(32)22-17(28)9-16(27)21(31-22)20-14(25)4-2-5-15(20)26/h2,4-5,7-9,11-12,19H,1,3,6,10,28H2,(H,30,32)/t12-,19?/m0/s1. The zero-order valence-corrected chi connectivity index (χ0v) is 18.1. The maximum absolute atomic E-state index is 14.5. The number of alkyl halides is 1. The minimum atomic E-state index is -1.06. The van der Waals surface area contributed by atoms with Crippen LogP contribution in [0.3, 0.4) is 0 Å². The number of amides is 1. The van der Waals surface area contributed by atoms with E-state index < -0.39 is 34.6 Å². The number of benzene rings is 1. The SMILES string of the molecule is Nc1cc(F)c(-c2c(F)cccc2F)nc1C(=O)Nc1cnccc1C1CCC[C@@H](CCl)O1. The van der Waals surface area contributed by atoms with Crippen molar-refractivity contribution in [3.8, 4) is 11.3 Å². The van der Waals surface area contributed by atoms with Crippen LogP contribution in [0, 0.1) is 17.5 Å². The summed E-state index contributed by atoms with van der Waals surface area (Å²) in [6.07, 6.45) is 5.09. The summed E-state index contributed by atoms with van der Waals surface area (Å²) < 4.78 is 48.9. The molecule has 3 heterocycles. The van der Waals surface area contributed by atoms with E-state index in [0.29, 0.717) is 17.1 Å². The molecule has 2 aromatic heterocycles. The van der Waals surface area contributed by atoms with Gasteiger partial charge in [0.2, 0.25) is 0 Å². The van der Waals surface area contributed by atoms with Crippen molar-refractivity contribution >= 4 is 28.9 Å². The minimum Gasteiger partial charge on any atom is -0.397 e. The predicted octanol–water partition coefficient (Wildman–Crippen LogP) is 5.24. The average molecular weight is 477 g/mol. The number of anilines is 2. The number of carbonyl (C=O) groups is 1. The largest absolute Gasteiger partial charge is 0.397 e. The summed E-state index contributed by atoms with van der Waals surface area (Å²) in [5, 5.41) is 2.66. The number of hydrogen-bond donors (Lipinski definition) is 2. The van der Waals surface area contributed by atoms with Gasteiger partial charge in [-0.25, -0.2) is 18.2 Å². The number of carbonyl (C=O) groups excluding carboxylic acids is 1. The molecule has 0 bridgehead atoms. The second kappa shape index (κ2) is 9.76. The van der Waals surface area contributed by atoms with Crippen LogP contribution in [0.2, 0.25) is 0 Å². The Morgan fingerprint density at radius 1 is 1.18 bits per heavy atom. The number of aromatic nitrogens is 2. The number of rotatable bonds is 5. The molecule has 0 radical (unpaired) electrons. The first-order valence-corrected chi connectivity index (χ1v) is 10.8. The van der Waals surface area contributed by atoms with Crippen molar-refractivity contribution in [3.05, 3.63) is 71.4 Å². The summed E-state index contributed by atoms with van der Waals surface area (Å²) in [4.78, 5) is 20.9. The van der Waals surface area contributed by atoms with Crippen molar-refractivity contribution in [1.29, 1.82) is 0 Å².